The highest BCUT2D eigenvalue weighted by molar-refractivity contribution is 5.94. The Balaban J connectivity index is 1.40. The number of hydrogen-bond acceptors (Lipinski definition) is 4. The third-order valence-electron chi connectivity index (χ3n) is 5.99. The van der Waals surface area contributed by atoms with Gasteiger partial charge in [0.25, 0.3) is 5.91 Å². The molecular weight excluding hydrogens is 314 g/mol. The van der Waals surface area contributed by atoms with Gasteiger partial charge in [-0.15, -0.1) is 0 Å². The van der Waals surface area contributed by atoms with E-state index in [-0.39, 0.29) is 5.91 Å². The quantitative estimate of drug-likeness (QED) is 0.905. The minimum atomic E-state index is 0.205. The van der Waals surface area contributed by atoms with Crippen LogP contribution in [0.15, 0.2) is 24.3 Å². The molecule has 1 aromatic carbocycles. The van der Waals surface area contributed by atoms with Crippen LogP contribution >= 0.6 is 0 Å². The first-order chi connectivity index (χ1) is 12.3. The summed E-state index contributed by atoms with van der Waals surface area (Å²) in [5.41, 5.74) is 2.07. The van der Waals surface area contributed by atoms with E-state index in [4.69, 9.17) is 4.74 Å². The molecule has 1 amide bonds. The smallest absolute Gasteiger partial charge is 0.253 e. The summed E-state index contributed by atoms with van der Waals surface area (Å²) in [4.78, 5) is 17.5. The molecule has 5 nitrogen and oxygen atoms in total. The minimum absolute atomic E-state index is 0.205. The molecular formula is C20H29N3O2. The van der Waals surface area contributed by atoms with Crippen LogP contribution in [0.4, 0.5) is 0 Å². The number of nitrogens with one attached hydrogen (secondary N) is 1. The average molecular weight is 343 g/mol. The van der Waals surface area contributed by atoms with Gasteiger partial charge in [-0.25, -0.2) is 0 Å². The standard InChI is InChI=1S/C20H29N3O2/c24-20(23-6-4-18-13-21-14-19(18)5-7-23)17-3-1-2-16(12-17)15-22-8-10-25-11-9-22/h1-3,12,18-19,21H,4-11,13-15H2/t18-,19+. The van der Waals surface area contributed by atoms with E-state index in [9.17, 15) is 4.79 Å². The molecule has 0 radical (unpaired) electrons. The summed E-state index contributed by atoms with van der Waals surface area (Å²) in [5, 5.41) is 3.50. The maximum atomic E-state index is 13.0. The van der Waals surface area contributed by atoms with Crippen molar-refractivity contribution in [3.8, 4) is 0 Å². The van der Waals surface area contributed by atoms with Crippen LogP contribution in [0.2, 0.25) is 0 Å². The molecule has 3 saturated heterocycles. The minimum Gasteiger partial charge on any atom is -0.379 e. The van der Waals surface area contributed by atoms with Crippen LogP contribution in [-0.4, -0.2) is 68.2 Å². The Bertz CT molecular complexity index is 586. The third-order valence-corrected chi connectivity index (χ3v) is 5.99. The summed E-state index contributed by atoms with van der Waals surface area (Å²) in [5.74, 6) is 1.72. The maximum absolute atomic E-state index is 13.0. The van der Waals surface area contributed by atoms with Crippen molar-refractivity contribution < 1.29 is 9.53 Å². The molecule has 3 heterocycles. The topological polar surface area (TPSA) is 44.8 Å². The number of carbonyl (C=O) groups excluding carboxylic acids is 1. The number of carbonyl (C=O) groups is 1. The predicted octanol–water partition coefficient (Wildman–Crippen LogP) is 1.59. The van der Waals surface area contributed by atoms with Crippen molar-refractivity contribution in [2.45, 2.75) is 19.4 Å². The number of hydrogen-bond donors (Lipinski definition) is 1. The average Bonchev–Trinajstić information content (AvgIpc) is 3.01. The van der Waals surface area contributed by atoms with Crippen molar-refractivity contribution >= 4 is 5.91 Å². The molecule has 3 aliphatic rings. The van der Waals surface area contributed by atoms with Crippen molar-refractivity contribution in [3.05, 3.63) is 35.4 Å². The second-order valence-corrected chi connectivity index (χ2v) is 7.64. The molecule has 3 aliphatic heterocycles. The lowest BCUT2D eigenvalue weighted by Crippen LogP contribution is -2.36. The summed E-state index contributed by atoms with van der Waals surface area (Å²) in [6.45, 7) is 8.52. The zero-order valence-corrected chi connectivity index (χ0v) is 15.0. The van der Waals surface area contributed by atoms with Gasteiger partial charge in [0.05, 0.1) is 13.2 Å². The lowest BCUT2D eigenvalue weighted by atomic mass is 9.92. The fourth-order valence-corrected chi connectivity index (χ4v) is 4.42. The molecule has 4 rings (SSSR count). The molecule has 0 aliphatic carbocycles. The van der Waals surface area contributed by atoms with Gasteiger partial charge in [-0.3, -0.25) is 9.69 Å². The van der Waals surface area contributed by atoms with E-state index in [1.807, 2.05) is 12.1 Å². The van der Waals surface area contributed by atoms with E-state index in [1.165, 1.54) is 5.56 Å². The number of benzene rings is 1. The van der Waals surface area contributed by atoms with Crippen molar-refractivity contribution in [3.63, 3.8) is 0 Å². The van der Waals surface area contributed by atoms with Gasteiger partial charge in [0.15, 0.2) is 0 Å². The Morgan fingerprint density at radius 3 is 2.52 bits per heavy atom. The van der Waals surface area contributed by atoms with Crippen LogP contribution in [0.5, 0.6) is 0 Å². The third kappa shape index (κ3) is 4.05. The molecule has 0 saturated carbocycles. The monoisotopic (exact) mass is 343 g/mol. The Morgan fingerprint density at radius 1 is 1.08 bits per heavy atom. The normalized spacial score (nSPS) is 27.8. The molecule has 0 unspecified atom stereocenters. The van der Waals surface area contributed by atoms with Crippen LogP contribution in [0, 0.1) is 11.8 Å². The predicted molar refractivity (Wildman–Crippen MR) is 97.5 cm³/mol. The Hall–Kier alpha value is -1.43. The second-order valence-electron chi connectivity index (χ2n) is 7.64. The van der Waals surface area contributed by atoms with E-state index in [0.29, 0.717) is 0 Å². The number of rotatable bonds is 3. The highest BCUT2D eigenvalue weighted by atomic mass is 16.5. The van der Waals surface area contributed by atoms with E-state index in [1.54, 1.807) is 0 Å². The highest BCUT2D eigenvalue weighted by Gasteiger charge is 2.31. The van der Waals surface area contributed by atoms with E-state index >= 15 is 0 Å². The number of amides is 1. The largest absolute Gasteiger partial charge is 0.379 e. The molecule has 136 valence electrons. The first-order valence-corrected chi connectivity index (χ1v) is 9.68. The Morgan fingerprint density at radius 2 is 1.80 bits per heavy atom. The van der Waals surface area contributed by atoms with E-state index in [0.717, 1.165) is 89.3 Å². The zero-order chi connectivity index (χ0) is 17.1. The van der Waals surface area contributed by atoms with Crippen LogP contribution in [-0.2, 0) is 11.3 Å². The van der Waals surface area contributed by atoms with Gasteiger partial charge in [-0.1, -0.05) is 12.1 Å². The number of fused-ring (bicyclic) bond motifs is 1. The van der Waals surface area contributed by atoms with Gasteiger partial charge >= 0.3 is 0 Å². The van der Waals surface area contributed by atoms with Gasteiger partial charge < -0.3 is 15.0 Å². The molecule has 1 aromatic rings. The SMILES string of the molecule is O=C(c1cccc(CN2CCOCC2)c1)N1CC[C@@H]2CNC[C@@H]2CC1. The Labute approximate surface area is 150 Å². The fraction of sp³-hybridized carbons (Fsp3) is 0.650. The number of nitrogens with zero attached hydrogens (tertiary/aromatic N) is 2. The molecule has 0 bridgehead atoms. The number of likely N-dealkylation sites (tertiary alicyclic amines) is 1. The lowest BCUT2D eigenvalue weighted by Gasteiger charge is -2.27. The molecule has 0 spiro atoms. The van der Waals surface area contributed by atoms with Crippen LogP contribution in [0.3, 0.4) is 0 Å². The summed E-state index contributed by atoms with van der Waals surface area (Å²) in [6, 6.07) is 8.22. The first kappa shape index (κ1) is 17.0. The summed E-state index contributed by atoms with van der Waals surface area (Å²) >= 11 is 0. The summed E-state index contributed by atoms with van der Waals surface area (Å²) in [7, 11) is 0. The van der Waals surface area contributed by atoms with Crippen LogP contribution in [0.1, 0.15) is 28.8 Å². The van der Waals surface area contributed by atoms with E-state index in [2.05, 4.69) is 27.2 Å². The first-order valence-electron chi connectivity index (χ1n) is 9.68. The number of morpholine rings is 1. The van der Waals surface area contributed by atoms with Crippen molar-refractivity contribution in [2.75, 3.05) is 52.5 Å². The van der Waals surface area contributed by atoms with Crippen molar-refractivity contribution in [2.24, 2.45) is 11.8 Å². The maximum Gasteiger partial charge on any atom is 0.253 e. The molecule has 1 N–H and O–H groups in total. The van der Waals surface area contributed by atoms with E-state index < -0.39 is 0 Å². The molecule has 2 atom stereocenters. The van der Waals surface area contributed by atoms with Gasteiger partial charge in [0.1, 0.15) is 0 Å². The van der Waals surface area contributed by atoms with Crippen LogP contribution in [0.25, 0.3) is 0 Å². The molecule has 3 fully saturated rings. The second kappa shape index (κ2) is 7.85. The molecule has 5 heteroatoms. The van der Waals surface area contributed by atoms with Gasteiger partial charge in [0.2, 0.25) is 0 Å². The van der Waals surface area contributed by atoms with Gasteiger partial charge in [-0.05, 0) is 55.5 Å². The molecule has 0 aromatic heterocycles. The Kier molecular flexibility index (Phi) is 5.34. The molecule has 25 heavy (non-hydrogen) atoms. The summed E-state index contributed by atoms with van der Waals surface area (Å²) < 4.78 is 5.41. The number of ether oxygens (including phenoxy) is 1. The fourth-order valence-electron chi connectivity index (χ4n) is 4.42. The lowest BCUT2D eigenvalue weighted by molar-refractivity contribution is 0.0341. The van der Waals surface area contributed by atoms with Crippen molar-refractivity contribution in [1.29, 1.82) is 0 Å². The van der Waals surface area contributed by atoms with Gasteiger partial charge in [0, 0.05) is 38.3 Å². The van der Waals surface area contributed by atoms with Crippen LogP contribution < -0.4 is 5.32 Å². The highest BCUT2D eigenvalue weighted by Crippen LogP contribution is 2.27. The van der Waals surface area contributed by atoms with Gasteiger partial charge in [-0.2, -0.15) is 0 Å². The zero-order valence-electron chi connectivity index (χ0n) is 15.0. The van der Waals surface area contributed by atoms with Crippen molar-refractivity contribution in [1.82, 2.24) is 15.1 Å². The summed E-state index contributed by atoms with van der Waals surface area (Å²) in [6.07, 6.45) is 2.27.